The number of carboxylic acid groups (broad SMARTS) is 1. The van der Waals surface area contributed by atoms with Gasteiger partial charge in [0.25, 0.3) is 0 Å². The summed E-state index contributed by atoms with van der Waals surface area (Å²) in [4.78, 5) is 17.2. The third kappa shape index (κ3) is 2.98. The number of nitrogens with one attached hydrogen (secondary N) is 1. The van der Waals surface area contributed by atoms with E-state index in [9.17, 15) is 4.79 Å². The summed E-state index contributed by atoms with van der Waals surface area (Å²) in [6, 6.07) is 3.99. The number of likely N-dealkylation sites (tertiary alicyclic amines) is 1. The summed E-state index contributed by atoms with van der Waals surface area (Å²) in [6.07, 6.45) is 5.16. The molecule has 2 heterocycles. The van der Waals surface area contributed by atoms with E-state index in [0.29, 0.717) is 11.7 Å². The Bertz CT molecular complexity index is 422. The largest absolute Gasteiger partial charge is 0.476 e. The second-order valence-electron chi connectivity index (χ2n) is 4.72. The van der Waals surface area contributed by atoms with E-state index in [4.69, 9.17) is 5.11 Å². The predicted octanol–water partition coefficient (Wildman–Crippen LogP) is 1.68. The number of carboxylic acids is 1. The number of likely N-dealkylation sites (N-methyl/N-ethyl adjacent to an activating group) is 1. The quantitative estimate of drug-likeness (QED) is 0.850. The van der Waals surface area contributed by atoms with Crippen LogP contribution in [0.4, 0.5) is 5.69 Å². The smallest absolute Gasteiger partial charge is 0.356 e. The van der Waals surface area contributed by atoms with Gasteiger partial charge in [0.2, 0.25) is 0 Å². The van der Waals surface area contributed by atoms with E-state index in [0.717, 1.165) is 19.5 Å². The summed E-state index contributed by atoms with van der Waals surface area (Å²) in [5.41, 5.74) is 0.694. The monoisotopic (exact) mass is 249 g/mol. The van der Waals surface area contributed by atoms with Crippen LogP contribution in [0.1, 0.15) is 29.8 Å². The summed E-state index contributed by atoms with van der Waals surface area (Å²) in [7, 11) is 2.12. The van der Waals surface area contributed by atoms with E-state index in [1.165, 1.54) is 19.0 Å². The van der Waals surface area contributed by atoms with Crippen molar-refractivity contribution in [3.05, 3.63) is 24.0 Å². The third-order valence-corrected chi connectivity index (χ3v) is 3.46. The average molecular weight is 249 g/mol. The molecular weight excluding hydrogens is 230 g/mol. The molecule has 0 aromatic carbocycles. The molecule has 0 radical (unpaired) electrons. The minimum absolute atomic E-state index is 0.0935. The maximum Gasteiger partial charge on any atom is 0.356 e. The fraction of sp³-hybridized carbons (Fsp3) is 0.538. The standard InChI is InChI=1S/C13H19N3O2/c1-16-8-3-2-5-10(16)9-15-11-6-4-7-14-12(11)13(17)18/h4,6-7,10,15H,2-3,5,8-9H2,1H3,(H,17,18). The molecule has 1 unspecified atom stereocenters. The zero-order valence-electron chi connectivity index (χ0n) is 10.6. The number of hydrogen-bond donors (Lipinski definition) is 2. The minimum Gasteiger partial charge on any atom is -0.476 e. The van der Waals surface area contributed by atoms with Gasteiger partial charge in [-0.3, -0.25) is 0 Å². The highest BCUT2D eigenvalue weighted by molar-refractivity contribution is 5.91. The lowest BCUT2D eigenvalue weighted by atomic mass is 10.0. The number of carbonyl (C=O) groups is 1. The van der Waals surface area contributed by atoms with E-state index >= 15 is 0 Å². The summed E-state index contributed by atoms with van der Waals surface area (Å²) in [5.74, 6) is -0.991. The van der Waals surface area contributed by atoms with Crippen molar-refractivity contribution in [1.29, 1.82) is 0 Å². The van der Waals surface area contributed by atoms with E-state index in [2.05, 4.69) is 22.2 Å². The van der Waals surface area contributed by atoms with Gasteiger partial charge in [0.05, 0.1) is 5.69 Å². The number of pyridine rings is 1. The molecule has 0 saturated carbocycles. The first-order chi connectivity index (χ1) is 8.68. The van der Waals surface area contributed by atoms with Gasteiger partial charge in [-0.15, -0.1) is 0 Å². The number of nitrogens with zero attached hydrogens (tertiary/aromatic N) is 2. The van der Waals surface area contributed by atoms with Crippen LogP contribution in [0.25, 0.3) is 0 Å². The first-order valence-corrected chi connectivity index (χ1v) is 6.31. The van der Waals surface area contributed by atoms with Crippen LogP contribution in [0, 0.1) is 0 Å². The number of aromatic nitrogens is 1. The Labute approximate surface area is 107 Å². The highest BCUT2D eigenvalue weighted by atomic mass is 16.4. The Morgan fingerprint density at radius 2 is 2.44 bits per heavy atom. The number of aromatic carboxylic acids is 1. The van der Waals surface area contributed by atoms with Crippen molar-refractivity contribution in [1.82, 2.24) is 9.88 Å². The lowest BCUT2D eigenvalue weighted by Gasteiger charge is -2.32. The molecule has 2 N–H and O–H groups in total. The molecule has 5 nitrogen and oxygen atoms in total. The summed E-state index contributed by atoms with van der Waals surface area (Å²) < 4.78 is 0. The number of piperidine rings is 1. The molecule has 2 rings (SSSR count). The molecule has 18 heavy (non-hydrogen) atoms. The van der Waals surface area contributed by atoms with Crippen molar-refractivity contribution in [2.75, 3.05) is 25.5 Å². The van der Waals surface area contributed by atoms with Crippen LogP contribution < -0.4 is 5.32 Å². The van der Waals surface area contributed by atoms with Crippen LogP contribution in [-0.4, -0.2) is 47.1 Å². The van der Waals surface area contributed by atoms with Crippen LogP contribution >= 0.6 is 0 Å². The molecule has 1 aromatic rings. The summed E-state index contributed by atoms with van der Waals surface area (Å²) in [6.45, 7) is 1.88. The fourth-order valence-corrected chi connectivity index (χ4v) is 2.35. The Balaban J connectivity index is 1.99. The maximum absolute atomic E-state index is 11.0. The Kier molecular flexibility index (Phi) is 4.15. The highest BCUT2D eigenvalue weighted by Crippen LogP contribution is 2.17. The van der Waals surface area contributed by atoms with Gasteiger partial charge in [-0.2, -0.15) is 0 Å². The fourth-order valence-electron chi connectivity index (χ4n) is 2.35. The molecule has 5 heteroatoms. The molecule has 0 amide bonds. The summed E-state index contributed by atoms with van der Waals surface area (Å²) >= 11 is 0. The molecule has 1 aromatic heterocycles. The van der Waals surface area contributed by atoms with Gasteiger partial charge in [0.15, 0.2) is 5.69 Å². The number of rotatable bonds is 4. The molecule has 1 saturated heterocycles. The van der Waals surface area contributed by atoms with Gasteiger partial charge in [-0.25, -0.2) is 9.78 Å². The SMILES string of the molecule is CN1CCCCC1CNc1cccnc1C(=O)O. The first-order valence-electron chi connectivity index (χ1n) is 6.31. The van der Waals surface area contributed by atoms with Crippen molar-refractivity contribution < 1.29 is 9.90 Å². The van der Waals surface area contributed by atoms with Crippen LogP contribution in [0.5, 0.6) is 0 Å². The average Bonchev–Trinajstić information content (AvgIpc) is 2.38. The van der Waals surface area contributed by atoms with Gasteiger partial charge >= 0.3 is 5.97 Å². The lowest BCUT2D eigenvalue weighted by Crippen LogP contribution is -2.40. The zero-order valence-corrected chi connectivity index (χ0v) is 10.6. The molecule has 1 aliphatic heterocycles. The van der Waals surface area contributed by atoms with E-state index in [1.807, 2.05) is 0 Å². The van der Waals surface area contributed by atoms with Crippen LogP contribution in [0.3, 0.4) is 0 Å². The molecular formula is C13H19N3O2. The molecule has 0 spiro atoms. The van der Waals surface area contributed by atoms with E-state index < -0.39 is 5.97 Å². The maximum atomic E-state index is 11.0. The molecule has 0 aliphatic carbocycles. The lowest BCUT2D eigenvalue weighted by molar-refractivity contribution is 0.0691. The molecule has 1 fully saturated rings. The van der Waals surface area contributed by atoms with Gasteiger partial charge in [0, 0.05) is 18.8 Å². The molecule has 1 atom stereocenters. The van der Waals surface area contributed by atoms with Crippen molar-refractivity contribution in [2.24, 2.45) is 0 Å². The normalized spacial score (nSPS) is 20.6. The molecule has 0 bridgehead atoms. The van der Waals surface area contributed by atoms with Crippen LogP contribution in [-0.2, 0) is 0 Å². The van der Waals surface area contributed by atoms with Crippen molar-refractivity contribution >= 4 is 11.7 Å². The Morgan fingerprint density at radius 3 is 3.17 bits per heavy atom. The van der Waals surface area contributed by atoms with Crippen LogP contribution in [0.2, 0.25) is 0 Å². The Hall–Kier alpha value is -1.62. The third-order valence-electron chi connectivity index (χ3n) is 3.46. The molecule has 1 aliphatic rings. The van der Waals surface area contributed by atoms with Gasteiger partial charge in [0.1, 0.15) is 0 Å². The second-order valence-corrected chi connectivity index (χ2v) is 4.72. The zero-order chi connectivity index (χ0) is 13.0. The van der Waals surface area contributed by atoms with Gasteiger partial charge in [-0.1, -0.05) is 6.42 Å². The van der Waals surface area contributed by atoms with Crippen molar-refractivity contribution in [2.45, 2.75) is 25.3 Å². The Morgan fingerprint density at radius 1 is 1.61 bits per heavy atom. The number of anilines is 1. The second kappa shape index (κ2) is 5.82. The topological polar surface area (TPSA) is 65.5 Å². The minimum atomic E-state index is -0.991. The van der Waals surface area contributed by atoms with Crippen molar-refractivity contribution in [3.63, 3.8) is 0 Å². The summed E-state index contributed by atoms with van der Waals surface area (Å²) in [5, 5.41) is 12.3. The van der Waals surface area contributed by atoms with Gasteiger partial charge in [-0.05, 0) is 38.6 Å². The van der Waals surface area contributed by atoms with Crippen molar-refractivity contribution in [3.8, 4) is 0 Å². The number of hydrogen-bond acceptors (Lipinski definition) is 4. The van der Waals surface area contributed by atoms with Gasteiger partial charge < -0.3 is 15.3 Å². The van der Waals surface area contributed by atoms with Crippen LogP contribution in [0.15, 0.2) is 18.3 Å². The predicted molar refractivity (Wildman–Crippen MR) is 70.0 cm³/mol. The molecule has 98 valence electrons. The van der Waals surface area contributed by atoms with E-state index in [1.54, 1.807) is 12.1 Å². The highest BCUT2D eigenvalue weighted by Gasteiger charge is 2.19. The first kappa shape index (κ1) is 12.8. The van der Waals surface area contributed by atoms with E-state index in [-0.39, 0.29) is 5.69 Å².